The van der Waals surface area contributed by atoms with Crippen LogP contribution in [0.1, 0.15) is 17.5 Å². The third-order valence-electron chi connectivity index (χ3n) is 5.21. The van der Waals surface area contributed by atoms with E-state index < -0.39 is 0 Å². The van der Waals surface area contributed by atoms with E-state index in [1.807, 2.05) is 7.05 Å². The molecule has 0 bridgehead atoms. The highest BCUT2D eigenvalue weighted by Gasteiger charge is 2.29. The zero-order valence-corrected chi connectivity index (χ0v) is 15.7. The van der Waals surface area contributed by atoms with Gasteiger partial charge in [-0.25, -0.2) is 0 Å². The van der Waals surface area contributed by atoms with Crippen LogP contribution in [0.3, 0.4) is 0 Å². The smallest absolute Gasteiger partial charge is 0.193 e. The number of nitrogens with one attached hydrogen (secondary N) is 1. The fraction of sp³-hybridized carbons (Fsp3) is 0.550. The fourth-order valence-electron chi connectivity index (χ4n) is 3.70. The Morgan fingerprint density at radius 3 is 2.84 bits per heavy atom. The second kappa shape index (κ2) is 8.39. The number of aliphatic imine (C=N–C) groups is 1. The Bertz CT molecular complexity index is 633. The molecule has 1 aromatic rings. The van der Waals surface area contributed by atoms with Gasteiger partial charge in [0.2, 0.25) is 0 Å². The monoisotopic (exact) mass is 342 g/mol. The van der Waals surface area contributed by atoms with Crippen molar-refractivity contribution in [3.63, 3.8) is 0 Å². The van der Waals surface area contributed by atoms with E-state index in [1.54, 1.807) is 7.11 Å². The van der Waals surface area contributed by atoms with Gasteiger partial charge in [-0.2, -0.15) is 0 Å². The van der Waals surface area contributed by atoms with Crippen molar-refractivity contribution in [3.8, 4) is 5.75 Å². The van der Waals surface area contributed by atoms with Crippen molar-refractivity contribution in [1.29, 1.82) is 0 Å². The summed E-state index contributed by atoms with van der Waals surface area (Å²) in [4.78, 5) is 9.42. The molecule has 2 aliphatic rings. The molecule has 1 saturated heterocycles. The predicted octanol–water partition coefficient (Wildman–Crippen LogP) is 2.07. The molecule has 0 amide bonds. The highest BCUT2D eigenvalue weighted by molar-refractivity contribution is 5.80. The summed E-state index contributed by atoms with van der Waals surface area (Å²) in [5.74, 6) is 1.98. The number of likely N-dealkylation sites (tertiary alicyclic amines) is 1. The summed E-state index contributed by atoms with van der Waals surface area (Å²) in [6, 6.07) is 7.08. The molecule has 136 valence electrons. The minimum Gasteiger partial charge on any atom is -0.496 e. The Morgan fingerprint density at radius 1 is 1.32 bits per heavy atom. The average molecular weight is 342 g/mol. The summed E-state index contributed by atoms with van der Waals surface area (Å²) in [5.41, 5.74) is 2.46. The Labute approximate surface area is 151 Å². The SMILES string of the molecule is CN=C(NCCc1ccc(C)c(OC)c1)N1CCC(N2CC=CC2)C1. The van der Waals surface area contributed by atoms with Gasteiger partial charge >= 0.3 is 0 Å². The van der Waals surface area contributed by atoms with E-state index in [2.05, 4.69) is 57.4 Å². The second-order valence-corrected chi connectivity index (χ2v) is 6.84. The first-order valence-corrected chi connectivity index (χ1v) is 9.19. The summed E-state index contributed by atoms with van der Waals surface area (Å²) in [6.07, 6.45) is 6.72. The molecule has 25 heavy (non-hydrogen) atoms. The number of ether oxygens (including phenoxy) is 1. The molecular weight excluding hydrogens is 312 g/mol. The first-order chi connectivity index (χ1) is 12.2. The molecule has 1 N–H and O–H groups in total. The summed E-state index contributed by atoms with van der Waals surface area (Å²) >= 11 is 0. The van der Waals surface area contributed by atoms with Crippen LogP contribution < -0.4 is 10.1 Å². The van der Waals surface area contributed by atoms with E-state index in [9.17, 15) is 0 Å². The normalized spacial score (nSPS) is 21.2. The van der Waals surface area contributed by atoms with Gasteiger partial charge in [0.05, 0.1) is 7.11 Å². The van der Waals surface area contributed by atoms with Crippen LogP contribution >= 0.6 is 0 Å². The minimum absolute atomic E-state index is 0.648. The Balaban J connectivity index is 1.48. The Kier molecular flexibility index (Phi) is 5.97. The van der Waals surface area contributed by atoms with Crippen LogP contribution in [0, 0.1) is 6.92 Å². The van der Waals surface area contributed by atoms with Crippen LogP contribution in [0.15, 0.2) is 35.3 Å². The molecule has 1 atom stereocenters. The van der Waals surface area contributed by atoms with Gasteiger partial charge in [0.1, 0.15) is 5.75 Å². The zero-order chi connectivity index (χ0) is 17.6. The zero-order valence-electron chi connectivity index (χ0n) is 15.7. The largest absolute Gasteiger partial charge is 0.496 e. The molecule has 1 aromatic carbocycles. The van der Waals surface area contributed by atoms with Gasteiger partial charge in [0.25, 0.3) is 0 Å². The molecule has 5 heteroatoms. The van der Waals surface area contributed by atoms with Gasteiger partial charge in [-0.3, -0.25) is 9.89 Å². The number of methoxy groups -OCH3 is 1. The molecule has 0 aliphatic carbocycles. The quantitative estimate of drug-likeness (QED) is 0.505. The van der Waals surface area contributed by atoms with Crippen LogP contribution in [0.25, 0.3) is 0 Å². The van der Waals surface area contributed by atoms with Crippen molar-refractivity contribution in [2.24, 2.45) is 4.99 Å². The highest BCUT2D eigenvalue weighted by Crippen LogP contribution is 2.20. The van der Waals surface area contributed by atoms with Crippen LogP contribution in [0.2, 0.25) is 0 Å². The third-order valence-corrected chi connectivity index (χ3v) is 5.21. The van der Waals surface area contributed by atoms with Crippen molar-refractivity contribution in [2.45, 2.75) is 25.8 Å². The molecule has 2 aliphatic heterocycles. The first kappa shape index (κ1) is 17.8. The van der Waals surface area contributed by atoms with E-state index in [1.165, 1.54) is 17.5 Å². The van der Waals surface area contributed by atoms with Crippen LogP contribution in [-0.2, 0) is 6.42 Å². The van der Waals surface area contributed by atoms with E-state index >= 15 is 0 Å². The third kappa shape index (κ3) is 4.34. The molecule has 0 spiro atoms. The molecule has 2 heterocycles. The Hall–Kier alpha value is -2.01. The number of benzene rings is 1. The molecular formula is C20H30N4O. The summed E-state index contributed by atoms with van der Waals surface area (Å²) in [5, 5.41) is 3.52. The standard InChI is InChI=1S/C20H30N4O/c1-16-6-7-17(14-19(16)25-3)8-10-22-20(21-2)24-13-9-18(15-24)23-11-4-5-12-23/h4-7,14,18H,8-13,15H2,1-3H3,(H,21,22). The predicted molar refractivity (Wildman–Crippen MR) is 103 cm³/mol. The van der Waals surface area contributed by atoms with E-state index in [0.717, 1.165) is 50.9 Å². The van der Waals surface area contributed by atoms with Gasteiger partial charge in [-0.1, -0.05) is 24.3 Å². The van der Waals surface area contributed by atoms with Crippen molar-refractivity contribution >= 4 is 5.96 Å². The summed E-state index contributed by atoms with van der Waals surface area (Å²) in [6.45, 7) is 7.30. The fourth-order valence-corrected chi connectivity index (χ4v) is 3.70. The number of rotatable bonds is 5. The highest BCUT2D eigenvalue weighted by atomic mass is 16.5. The molecule has 5 nitrogen and oxygen atoms in total. The van der Waals surface area contributed by atoms with Gasteiger partial charge in [-0.15, -0.1) is 0 Å². The van der Waals surface area contributed by atoms with Crippen molar-refractivity contribution in [2.75, 3.05) is 46.9 Å². The summed E-state index contributed by atoms with van der Waals surface area (Å²) in [7, 11) is 3.61. The molecule has 0 radical (unpaired) electrons. The minimum atomic E-state index is 0.648. The van der Waals surface area contributed by atoms with Crippen LogP contribution in [-0.4, -0.2) is 68.7 Å². The summed E-state index contributed by atoms with van der Waals surface area (Å²) < 4.78 is 5.41. The molecule has 1 fully saturated rings. The van der Waals surface area contributed by atoms with Crippen molar-refractivity contribution in [1.82, 2.24) is 15.1 Å². The molecule has 0 saturated carbocycles. The lowest BCUT2D eigenvalue weighted by molar-refractivity contribution is 0.259. The van der Waals surface area contributed by atoms with E-state index in [-0.39, 0.29) is 0 Å². The molecule has 3 rings (SSSR count). The van der Waals surface area contributed by atoms with Gasteiger partial charge in [0.15, 0.2) is 5.96 Å². The topological polar surface area (TPSA) is 40.1 Å². The lowest BCUT2D eigenvalue weighted by atomic mass is 10.1. The lowest BCUT2D eigenvalue weighted by Crippen LogP contribution is -2.43. The maximum Gasteiger partial charge on any atom is 0.193 e. The number of guanidine groups is 1. The van der Waals surface area contributed by atoms with E-state index in [0.29, 0.717) is 6.04 Å². The average Bonchev–Trinajstić information content (AvgIpc) is 3.31. The van der Waals surface area contributed by atoms with Gasteiger partial charge in [-0.05, 0) is 37.0 Å². The maximum absolute atomic E-state index is 5.41. The lowest BCUT2D eigenvalue weighted by Gasteiger charge is -2.25. The van der Waals surface area contributed by atoms with Gasteiger partial charge < -0.3 is 15.0 Å². The second-order valence-electron chi connectivity index (χ2n) is 6.84. The van der Waals surface area contributed by atoms with Crippen molar-refractivity contribution in [3.05, 3.63) is 41.5 Å². The number of hydrogen-bond donors (Lipinski definition) is 1. The first-order valence-electron chi connectivity index (χ1n) is 9.19. The molecule has 0 aromatic heterocycles. The van der Waals surface area contributed by atoms with Crippen LogP contribution in [0.4, 0.5) is 0 Å². The van der Waals surface area contributed by atoms with Crippen molar-refractivity contribution < 1.29 is 4.74 Å². The molecule has 1 unspecified atom stereocenters. The number of aryl methyl sites for hydroxylation is 1. The van der Waals surface area contributed by atoms with E-state index in [4.69, 9.17) is 4.74 Å². The Morgan fingerprint density at radius 2 is 2.12 bits per heavy atom. The number of hydrogen-bond acceptors (Lipinski definition) is 3. The van der Waals surface area contributed by atoms with Gasteiger partial charge in [0, 0.05) is 45.8 Å². The van der Waals surface area contributed by atoms with Crippen LogP contribution in [0.5, 0.6) is 5.75 Å². The maximum atomic E-state index is 5.41. The number of nitrogens with zero attached hydrogens (tertiary/aromatic N) is 3.